The Balaban J connectivity index is 1.72. The van der Waals surface area contributed by atoms with Crippen LogP contribution in [0, 0.1) is 0 Å². The number of carboxylic acids is 1. The Morgan fingerprint density at radius 3 is 2.67 bits per heavy atom. The van der Waals surface area contributed by atoms with Gasteiger partial charge in [0.1, 0.15) is 5.75 Å². The number of benzene rings is 1. The third-order valence-electron chi connectivity index (χ3n) is 3.51. The van der Waals surface area contributed by atoms with Crippen molar-refractivity contribution < 1.29 is 14.6 Å². The Bertz CT molecular complexity index is 621. The number of hydrogen-bond donors (Lipinski definition) is 2. The highest BCUT2D eigenvalue weighted by Gasteiger charge is 2.18. The third-order valence-corrected chi connectivity index (χ3v) is 4.56. The van der Waals surface area contributed by atoms with E-state index in [-0.39, 0.29) is 11.6 Å². The summed E-state index contributed by atoms with van der Waals surface area (Å²) >= 11 is 2.01. The molecule has 3 rings (SSSR count). The molecular weight excluding hydrogens is 290 g/mol. The standard InChI is InChI=1S/C14H15N3O3S/c18-14(19)12-13(16-17-15-12)20-11-3-1-9(2-4-11)10-5-7-21-8-6-10/h1-4,10H,5-8H2,(H,18,19)(H,15,16,17). The molecule has 2 aromatic rings. The van der Waals surface area contributed by atoms with Crippen LogP contribution in [-0.2, 0) is 0 Å². The van der Waals surface area contributed by atoms with E-state index in [9.17, 15) is 4.79 Å². The number of hydrogen-bond acceptors (Lipinski definition) is 5. The van der Waals surface area contributed by atoms with Gasteiger partial charge in [0.15, 0.2) is 0 Å². The van der Waals surface area contributed by atoms with Gasteiger partial charge in [-0.3, -0.25) is 0 Å². The molecule has 0 amide bonds. The third kappa shape index (κ3) is 3.18. The summed E-state index contributed by atoms with van der Waals surface area (Å²) in [5.74, 6) is 2.48. The molecule has 21 heavy (non-hydrogen) atoms. The number of aromatic amines is 1. The van der Waals surface area contributed by atoms with Gasteiger partial charge in [0, 0.05) is 0 Å². The molecule has 2 heterocycles. The molecule has 1 aliphatic heterocycles. The fraction of sp³-hybridized carbons (Fsp3) is 0.357. The minimum absolute atomic E-state index is 0.0457. The summed E-state index contributed by atoms with van der Waals surface area (Å²) in [7, 11) is 0. The van der Waals surface area contributed by atoms with Crippen molar-refractivity contribution in [3.63, 3.8) is 0 Å². The van der Waals surface area contributed by atoms with Gasteiger partial charge in [-0.1, -0.05) is 17.3 Å². The van der Waals surface area contributed by atoms with Crippen molar-refractivity contribution in [2.24, 2.45) is 0 Å². The number of carboxylic acid groups (broad SMARTS) is 1. The molecule has 0 unspecified atom stereocenters. The number of aromatic carboxylic acids is 1. The maximum atomic E-state index is 10.9. The normalized spacial score (nSPS) is 15.8. The van der Waals surface area contributed by atoms with E-state index in [1.807, 2.05) is 36.0 Å². The van der Waals surface area contributed by atoms with Crippen molar-refractivity contribution in [1.29, 1.82) is 0 Å². The van der Waals surface area contributed by atoms with Crippen molar-refractivity contribution in [2.45, 2.75) is 18.8 Å². The average molecular weight is 305 g/mol. The van der Waals surface area contributed by atoms with Crippen molar-refractivity contribution in [1.82, 2.24) is 15.4 Å². The molecule has 1 fully saturated rings. The lowest BCUT2D eigenvalue weighted by Crippen LogP contribution is -2.07. The Morgan fingerprint density at radius 1 is 1.29 bits per heavy atom. The van der Waals surface area contributed by atoms with Gasteiger partial charge >= 0.3 is 5.97 Å². The molecule has 1 aromatic carbocycles. The quantitative estimate of drug-likeness (QED) is 0.903. The first kappa shape index (κ1) is 13.9. The zero-order valence-electron chi connectivity index (χ0n) is 11.3. The molecule has 0 atom stereocenters. The molecule has 0 aliphatic carbocycles. The summed E-state index contributed by atoms with van der Waals surface area (Å²) in [5.41, 5.74) is 1.09. The van der Waals surface area contributed by atoms with Gasteiger partial charge in [0.25, 0.3) is 5.88 Å². The maximum absolute atomic E-state index is 10.9. The largest absolute Gasteiger partial charge is 0.476 e. The molecule has 1 saturated heterocycles. The molecular formula is C14H15N3O3S. The summed E-state index contributed by atoms with van der Waals surface area (Å²) in [6, 6.07) is 7.79. The van der Waals surface area contributed by atoms with Gasteiger partial charge in [0.05, 0.1) is 0 Å². The van der Waals surface area contributed by atoms with Crippen LogP contribution in [0.25, 0.3) is 0 Å². The highest BCUT2D eigenvalue weighted by atomic mass is 32.2. The number of ether oxygens (including phenoxy) is 1. The number of carbonyl (C=O) groups is 1. The van der Waals surface area contributed by atoms with Crippen LogP contribution >= 0.6 is 11.8 Å². The highest BCUT2D eigenvalue weighted by molar-refractivity contribution is 7.99. The summed E-state index contributed by atoms with van der Waals surface area (Å²) in [6.07, 6.45) is 2.41. The molecule has 6 nitrogen and oxygen atoms in total. The molecule has 2 N–H and O–H groups in total. The number of nitrogens with one attached hydrogen (secondary N) is 1. The smallest absolute Gasteiger partial charge is 0.362 e. The van der Waals surface area contributed by atoms with Crippen LogP contribution in [-0.4, -0.2) is 38.0 Å². The summed E-state index contributed by atoms with van der Waals surface area (Å²) in [5, 5.41) is 18.3. The van der Waals surface area contributed by atoms with Gasteiger partial charge in [-0.2, -0.15) is 11.8 Å². The Hall–Kier alpha value is -2.02. The van der Waals surface area contributed by atoms with E-state index in [2.05, 4.69) is 15.4 Å². The fourth-order valence-corrected chi connectivity index (χ4v) is 3.49. The second kappa shape index (κ2) is 6.17. The lowest BCUT2D eigenvalue weighted by molar-refractivity contribution is 0.0687. The van der Waals surface area contributed by atoms with E-state index in [4.69, 9.17) is 9.84 Å². The van der Waals surface area contributed by atoms with Gasteiger partial charge in [0.2, 0.25) is 5.69 Å². The van der Waals surface area contributed by atoms with Crippen LogP contribution in [0.1, 0.15) is 34.8 Å². The highest BCUT2D eigenvalue weighted by Crippen LogP contribution is 2.32. The van der Waals surface area contributed by atoms with Crippen molar-refractivity contribution in [3.05, 3.63) is 35.5 Å². The second-order valence-corrected chi connectivity index (χ2v) is 6.08. The summed E-state index contributed by atoms with van der Waals surface area (Å²) < 4.78 is 5.49. The first-order valence-corrected chi connectivity index (χ1v) is 7.89. The van der Waals surface area contributed by atoms with Crippen LogP contribution in [0.15, 0.2) is 24.3 Å². The van der Waals surface area contributed by atoms with Crippen LogP contribution in [0.3, 0.4) is 0 Å². The van der Waals surface area contributed by atoms with Crippen LogP contribution in [0.4, 0.5) is 0 Å². The van der Waals surface area contributed by atoms with Gasteiger partial charge in [-0.25, -0.2) is 9.89 Å². The van der Waals surface area contributed by atoms with E-state index in [0.29, 0.717) is 11.7 Å². The Labute approximate surface area is 125 Å². The second-order valence-electron chi connectivity index (χ2n) is 4.85. The zero-order valence-corrected chi connectivity index (χ0v) is 12.1. The molecule has 0 saturated carbocycles. The molecule has 1 aliphatic rings. The zero-order chi connectivity index (χ0) is 14.7. The number of H-pyrrole nitrogens is 1. The molecule has 1 aromatic heterocycles. The first-order valence-electron chi connectivity index (χ1n) is 6.74. The van der Waals surface area contributed by atoms with Crippen molar-refractivity contribution in [3.8, 4) is 11.6 Å². The summed E-state index contributed by atoms with van der Waals surface area (Å²) in [4.78, 5) is 10.9. The Morgan fingerprint density at radius 2 is 2.00 bits per heavy atom. The van der Waals surface area contributed by atoms with Crippen molar-refractivity contribution >= 4 is 17.7 Å². The average Bonchev–Trinajstić information content (AvgIpc) is 2.97. The topological polar surface area (TPSA) is 88.1 Å². The minimum Gasteiger partial charge on any atom is -0.476 e. The predicted molar refractivity (Wildman–Crippen MR) is 79.2 cm³/mol. The number of rotatable bonds is 4. The molecule has 110 valence electrons. The van der Waals surface area contributed by atoms with Crippen LogP contribution < -0.4 is 4.74 Å². The fourth-order valence-electron chi connectivity index (χ4n) is 2.39. The number of thioether (sulfide) groups is 1. The molecule has 0 radical (unpaired) electrons. The van der Waals surface area contributed by atoms with Gasteiger partial charge in [-0.15, -0.1) is 5.10 Å². The SMILES string of the molecule is O=C(O)c1nn[nH]c1Oc1ccc(C2CCSCC2)cc1. The molecule has 7 heteroatoms. The number of nitrogens with zero attached hydrogens (tertiary/aromatic N) is 2. The molecule has 0 spiro atoms. The van der Waals surface area contributed by atoms with Crippen LogP contribution in [0.2, 0.25) is 0 Å². The van der Waals surface area contributed by atoms with Gasteiger partial charge in [-0.05, 0) is 48.0 Å². The van der Waals surface area contributed by atoms with E-state index in [1.54, 1.807) is 0 Å². The van der Waals surface area contributed by atoms with Gasteiger partial charge < -0.3 is 9.84 Å². The lowest BCUT2D eigenvalue weighted by atomic mass is 9.93. The van der Waals surface area contributed by atoms with E-state index in [1.165, 1.54) is 29.9 Å². The van der Waals surface area contributed by atoms with E-state index < -0.39 is 5.97 Å². The van der Waals surface area contributed by atoms with E-state index >= 15 is 0 Å². The van der Waals surface area contributed by atoms with E-state index in [0.717, 1.165) is 0 Å². The van der Waals surface area contributed by atoms with Crippen molar-refractivity contribution in [2.75, 3.05) is 11.5 Å². The Kier molecular flexibility index (Phi) is 4.10. The number of aromatic nitrogens is 3. The minimum atomic E-state index is -1.17. The monoisotopic (exact) mass is 305 g/mol. The molecule has 0 bridgehead atoms. The predicted octanol–water partition coefficient (Wildman–Crippen LogP) is 2.91. The first-order chi connectivity index (χ1) is 10.2. The summed E-state index contributed by atoms with van der Waals surface area (Å²) in [6.45, 7) is 0. The van der Waals surface area contributed by atoms with Crippen LogP contribution in [0.5, 0.6) is 11.6 Å². The maximum Gasteiger partial charge on any atom is 0.362 e. The lowest BCUT2D eigenvalue weighted by Gasteiger charge is -2.21.